The van der Waals surface area contributed by atoms with Gasteiger partial charge in [0.25, 0.3) is 5.91 Å². The summed E-state index contributed by atoms with van der Waals surface area (Å²) < 4.78 is 9.89. The molecule has 0 aliphatic carbocycles. The van der Waals surface area contributed by atoms with E-state index in [1.807, 2.05) is 6.92 Å². The molecule has 0 aliphatic heterocycles. The monoisotopic (exact) mass is 299 g/mol. The van der Waals surface area contributed by atoms with Crippen LogP contribution in [0, 0.1) is 6.92 Å². The van der Waals surface area contributed by atoms with Crippen molar-refractivity contribution in [2.45, 2.75) is 19.8 Å². The molecule has 1 aromatic rings. The van der Waals surface area contributed by atoms with E-state index in [2.05, 4.69) is 10.1 Å². The number of rotatable bonds is 7. The van der Waals surface area contributed by atoms with E-state index < -0.39 is 0 Å². The highest BCUT2D eigenvalue weighted by Gasteiger charge is 2.06. The van der Waals surface area contributed by atoms with Crippen LogP contribution >= 0.6 is 11.6 Å². The van der Waals surface area contributed by atoms with Gasteiger partial charge in [-0.15, -0.1) is 0 Å². The van der Waals surface area contributed by atoms with Crippen LogP contribution in [0.4, 0.5) is 0 Å². The van der Waals surface area contributed by atoms with Gasteiger partial charge in [0.15, 0.2) is 6.61 Å². The zero-order chi connectivity index (χ0) is 15.0. The second-order valence-electron chi connectivity index (χ2n) is 4.23. The average Bonchev–Trinajstić information content (AvgIpc) is 2.42. The Morgan fingerprint density at radius 3 is 2.75 bits per heavy atom. The smallest absolute Gasteiger partial charge is 0.305 e. The van der Waals surface area contributed by atoms with Crippen molar-refractivity contribution in [3.05, 3.63) is 28.8 Å². The van der Waals surface area contributed by atoms with Crippen molar-refractivity contribution < 1.29 is 19.1 Å². The van der Waals surface area contributed by atoms with Crippen LogP contribution in [0.25, 0.3) is 0 Å². The molecule has 0 aromatic heterocycles. The molecule has 0 saturated carbocycles. The Balaban J connectivity index is 2.24. The number of carbonyl (C=O) groups is 2. The molecule has 1 aromatic carbocycles. The highest BCUT2D eigenvalue weighted by atomic mass is 35.5. The summed E-state index contributed by atoms with van der Waals surface area (Å²) in [6.07, 6.45) is 0.826. The lowest BCUT2D eigenvalue weighted by Gasteiger charge is -2.09. The van der Waals surface area contributed by atoms with Crippen LogP contribution in [0.15, 0.2) is 18.2 Å². The summed E-state index contributed by atoms with van der Waals surface area (Å²) in [4.78, 5) is 22.4. The largest absolute Gasteiger partial charge is 0.484 e. The molecular formula is C14H18ClNO4. The number of amides is 1. The minimum Gasteiger partial charge on any atom is -0.484 e. The van der Waals surface area contributed by atoms with E-state index in [0.717, 1.165) is 5.56 Å². The molecular weight excluding hydrogens is 282 g/mol. The Kier molecular flexibility index (Phi) is 6.87. The molecule has 0 aliphatic rings. The van der Waals surface area contributed by atoms with E-state index in [4.69, 9.17) is 16.3 Å². The number of nitrogens with one attached hydrogen (secondary N) is 1. The van der Waals surface area contributed by atoms with Gasteiger partial charge in [0, 0.05) is 18.0 Å². The fraction of sp³-hybridized carbons (Fsp3) is 0.429. The number of hydrogen-bond donors (Lipinski definition) is 1. The van der Waals surface area contributed by atoms with Gasteiger partial charge >= 0.3 is 5.97 Å². The van der Waals surface area contributed by atoms with Crippen molar-refractivity contribution in [3.8, 4) is 5.75 Å². The minimum atomic E-state index is -0.285. The van der Waals surface area contributed by atoms with Crippen LogP contribution < -0.4 is 10.1 Å². The van der Waals surface area contributed by atoms with Gasteiger partial charge in [0.1, 0.15) is 5.75 Å². The maximum absolute atomic E-state index is 11.5. The molecule has 1 N–H and O–H groups in total. The third kappa shape index (κ3) is 5.93. The summed E-state index contributed by atoms with van der Waals surface area (Å²) >= 11 is 5.83. The molecule has 1 amide bonds. The molecule has 0 atom stereocenters. The van der Waals surface area contributed by atoms with E-state index in [1.54, 1.807) is 18.2 Å². The minimum absolute atomic E-state index is 0.0688. The van der Waals surface area contributed by atoms with Crippen molar-refractivity contribution in [1.29, 1.82) is 0 Å². The number of benzene rings is 1. The van der Waals surface area contributed by atoms with Crippen molar-refractivity contribution in [3.63, 3.8) is 0 Å². The number of ether oxygens (including phenoxy) is 2. The first-order valence-corrected chi connectivity index (χ1v) is 6.63. The third-order valence-corrected chi connectivity index (χ3v) is 2.84. The Labute approximate surface area is 123 Å². The fourth-order valence-electron chi connectivity index (χ4n) is 1.53. The van der Waals surface area contributed by atoms with E-state index >= 15 is 0 Å². The van der Waals surface area contributed by atoms with E-state index in [0.29, 0.717) is 23.7 Å². The SMILES string of the molecule is COC(=O)CCCNC(=O)COc1ccc(Cl)cc1C. The molecule has 0 fully saturated rings. The molecule has 0 unspecified atom stereocenters. The van der Waals surface area contributed by atoms with Gasteiger partial charge in [-0.25, -0.2) is 0 Å². The second kappa shape index (κ2) is 8.43. The van der Waals surface area contributed by atoms with Gasteiger partial charge in [-0.1, -0.05) is 11.6 Å². The maximum atomic E-state index is 11.5. The first-order chi connectivity index (χ1) is 9.52. The molecule has 1 rings (SSSR count). The summed E-state index contributed by atoms with van der Waals surface area (Å²) in [7, 11) is 1.34. The lowest BCUT2D eigenvalue weighted by Crippen LogP contribution is -2.30. The number of hydrogen-bond acceptors (Lipinski definition) is 4. The standard InChI is InChI=1S/C14H18ClNO4/c1-10-8-11(15)5-6-12(10)20-9-13(17)16-7-3-4-14(18)19-2/h5-6,8H,3-4,7,9H2,1-2H3,(H,16,17). The zero-order valence-electron chi connectivity index (χ0n) is 11.6. The Morgan fingerprint density at radius 1 is 1.35 bits per heavy atom. The Bertz CT molecular complexity index is 476. The normalized spacial score (nSPS) is 9.95. The second-order valence-corrected chi connectivity index (χ2v) is 4.66. The maximum Gasteiger partial charge on any atom is 0.305 e. The molecule has 0 radical (unpaired) electrons. The van der Waals surface area contributed by atoms with Gasteiger partial charge in [-0.2, -0.15) is 0 Å². The molecule has 5 nitrogen and oxygen atoms in total. The van der Waals surface area contributed by atoms with Crippen LogP contribution in [-0.2, 0) is 14.3 Å². The Morgan fingerprint density at radius 2 is 2.10 bits per heavy atom. The first-order valence-electron chi connectivity index (χ1n) is 6.25. The molecule has 20 heavy (non-hydrogen) atoms. The van der Waals surface area contributed by atoms with Crippen molar-refractivity contribution in [2.75, 3.05) is 20.3 Å². The fourth-order valence-corrected chi connectivity index (χ4v) is 1.76. The molecule has 0 spiro atoms. The summed E-state index contributed by atoms with van der Waals surface area (Å²) in [5.74, 6) is 0.107. The van der Waals surface area contributed by atoms with Crippen molar-refractivity contribution in [1.82, 2.24) is 5.32 Å². The van der Waals surface area contributed by atoms with Crippen molar-refractivity contribution in [2.24, 2.45) is 0 Å². The average molecular weight is 300 g/mol. The van der Waals surface area contributed by atoms with E-state index in [-0.39, 0.29) is 24.9 Å². The van der Waals surface area contributed by atoms with Crippen molar-refractivity contribution >= 4 is 23.5 Å². The summed E-state index contributed by atoms with van der Waals surface area (Å²) in [5.41, 5.74) is 0.871. The molecule has 0 bridgehead atoms. The highest BCUT2D eigenvalue weighted by Crippen LogP contribution is 2.21. The van der Waals surface area contributed by atoms with Crippen LogP contribution in [-0.4, -0.2) is 32.1 Å². The number of aryl methyl sites for hydroxylation is 1. The highest BCUT2D eigenvalue weighted by molar-refractivity contribution is 6.30. The topological polar surface area (TPSA) is 64.6 Å². The van der Waals surface area contributed by atoms with Gasteiger partial charge in [0.05, 0.1) is 7.11 Å². The lowest BCUT2D eigenvalue weighted by atomic mass is 10.2. The molecule has 0 saturated heterocycles. The zero-order valence-corrected chi connectivity index (χ0v) is 12.3. The third-order valence-electron chi connectivity index (χ3n) is 2.60. The van der Waals surface area contributed by atoms with E-state index in [1.165, 1.54) is 7.11 Å². The predicted molar refractivity (Wildman–Crippen MR) is 75.9 cm³/mol. The van der Waals surface area contributed by atoms with Gasteiger partial charge in [-0.05, 0) is 37.1 Å². The number of esters is 1. The molecule has 110 valence electrons. The number of methoxy groups -OCH3 is 1. The van der Waals surface area contributed by atoms with Crippen LogP contribution in [0.2, 0.25) is 5.02 Å². The number of halogens is 1. The van der Waals surface area contributed by atoms with Gasteiger partial charge < -0.3 is 14.8 Å². The van der Waals surface area contributed by atoms with Gasteiger partial charge in [-0.3, -0.25) is 9.59 Å². The Hall–Kier alpha value is -1.75. The molecule has 6 heteroatoms. The summed E-state index contributed by atoms with van der Waals surface area (Å²) in [6, 6.07) is 5.20. The van der Waals surface area contributed by atoms with E-state index in [9.17, 15) is 9.59 Å². The van der Waals surface area contributed by atoms with Crippen LogP contribution in [0.3, 0.4) is 0 Å². The lowest BCUT2D eigenvalue weighted by molar-refractivity contribution is -0.140. The summed E-state index contributed by atoms with van der Waals surface area (Å²) in [5, 5.41) is 3.29. The van der Waals surface area contributed by atoms with Crippen LogP contribution in [0.5, 0.6) is 5.75 Å². The predicted octanol–water partition coefficient (Wildman–Crippen LogP) is 2.10. The first kappa shape index (κ1) is 16.3. The summed E-state index contributed by atoms with van der Waals surface area (Å²) in [6.45, 7) is 2.20. The molecule has 0 heterocycles. The number of carbonyl (C=O) groups excluding carboxylic acids is 2. The quantitative estimate of drug-likeness (QED) is 0.618. The van der Waals surface area contributed by atoms with Crippen LogP contribution in [0.1, 0.15) is 18.4 Å². The van der Waals surface area contributed by atoms with Gasteiger partial charge in [0.2, 0.25) is 0 Å².